The van der Waals surface area contributed by atoms with Gasteiger partial charge in [-0.05, 0) is 6.92 Å². The summed E-state index contributed by atoms with van der Waals surface area (Å²) in [6, 6.07) is 0. The zero-order valence-electron chi connectivity index (χ0n) is 16.8. The Morgan fingerprint density at radius 1 is 0.750 bits per heavy atom. The van der Waals surface area contributed by atoms with Gasteiger partial charge in [0.15, 0.2) is 25.0 Å². The molecule has 0 aromatic rings. The molecule has 15 nitrogen and oxygen atoms in total. The topological polar surface area (TPSA) is 245 Å². The summed E-state index contributed by atoms with van der Waals surface area (Å²) in [5.41, 5.74) is 0. The summed E-state index contributed by atoms with van der Waals surface area (Å²) < 4.78 is 26.2. The Hall–Kier alpha value is -1.05. The van der Waals surface area contributed by atoms with Gasteiger partial charge in [-0.3, -0.25) is 0 Å². The van der Waals surface area contributed by atoms with Gasteiger partial charge < -0.3 is 69.6 Å². The van der Waals surface area contributed by atoms with Crippen LogP contribution >= 0.6 is 0 Å². The lowest BCUT2D eigenvalue weighted by Gasteiger charge is -2.46. The van der Waals surface area contributed by atoms with Crippen LogP contribution in [0.5, 0.6) is 0 Å². The van der Waals surface area contributed by atoms with E-state index in [0.717, 1.165) is 0 Å². The largest absolute Gasteiger partial charge is 0.479 e. The summed E-state index contributed by atoms with van der Waals surface area (Å²) in [7, 11) is 0. The third-order valence-electron chi connectivity index (χ3n) is 5.63. The van der Waals surface area contributed by atoms with Crippen molar-refractivity contribution >= 4 is 5.97 Å². The number of carboxylic acid groups (broad SMARTS) is 1. The Bertz CT molecular complexity index is 649. The molecule has 32 heavy (non-hydrogen) atoms. The summed E-state index contributed by atoms with van der Waals surface area (Å²) >= 11 is 0. The highest BCUT2D eigenvalue weighted by Gasteiger charge is 2.52. The standard InChI is InChI=1S/C17H28O15/c1-3-5(19)7(21)10(24)16(29-3)32-13-6(20)4(18)2-28-17(13)31-12-9(23)8(22)11(14(25)26)30-15(12)27/h3-13,15-24,27H,2H2,1H3,(H,25,26)/t3-,4+,5-,6-,7+,8-,9-,10+,11-,12+,13+,15+,16-,17-/m0/s1. The highest BCUT2D eigenvalue weighted by atomic mass is 16.8. The van der Waals surface area contributed by atoms with Crippen LogP contribution in [0.2, 0.25) is 0 Å². The molecule has 0 aromatic carbocycles. The van der Waals surface area contributed by atoms with Gasteiger partial charge in [0.25, 0.3) is 0 Å². The number of aliphatic hydroxyl groups excluding tert-OH is 8. The van der Waals surface area contributed by atoms with E-state index in [4.69, 9.17) is 28.8 Å². The maximum Gasteiger partial charge on any atom is 0.335 e. The first-order valence-corrected chi connectivity index (χ1v) is 9.84. The van der Waals surface area contributed by atoms with Gasteiger partial charge in [0.05, 0.1) is 12.7 Å². The Balaban J connectivity index is 1.75. The van der Waals surface area contributed by atoms with E-state index in [-0.39, 0.29) is 0 Å². The molecule has 0 aromatic heterocycles. The zero-order chi connectivity index (χ0) is 23.9. The van der Waals surface area contributed by atoms with E-state index >= 15 is 0 Å². The Kier molecular flexibility index (Phi) is 8.04. The molecule has 0 amide bonds. The number of carbonyl (C=O) groups is 1. The summed E-state index contributed by atoms with van der Waals surface area (Å²) in [6.45, 7) is 0.913. The van der Waals surface area contributed by atoms with E-state index in [2.05, 4.69) is 0 Å². The normalized spacial score (nSPS) is 52.5. The smallest absolute Gasteiger partial charge is 0.335 e. The van der Waals surface area contributed by atoms with Crippen molar-refractivity contribution in [3.63, 3.8) is 0 Å². The minimum Gasteiger partial charge on any atom is -0.479 e. The van der Waals surface area contributed by atoms with Gasteiger partial charge in [0, 0.05) is 0 Å². The minimum absolute atomic E-state index is 0.475. The molecule has 186 valence electrons. The maximum absolute atomic E-state index is 11.1. The fraction of sp³-hybridized carbons (Fsp3) is 0.941. The van der Waals surface area contributed by atoms with Crippen molar-refractivity contribution in [3.05, 3.63) is 0 Å². The fourth-order valence-electron chi connectivity index (χ4n) is 3.67. The van der Waals surface area contributed by atoms with E-state index in [1.54, 1.807) is 0 Å². The molecular formula is C17H28O15. The van der Waals surface area contributed by atoms with Gasteiger partial charge in [-0.2, -0.15) is 0 Å². The lowest BCUT2D eigenvalue weighted by molar-refractivity contribution is -0.377. The Morgan fingerprint density at radius 2 is 1.38 bits per heavy atom. The molecule has 3 aliphatic heterocycles. The van der Waals surface area contributed by atoms with Crippen molar-refractivity contribution in [2.45, 2.75) is 92.9 Å². The summed E-state index contributed by atoms with van der Waals surface area (Å²) in [6.07, 6.45) is -23.6. The molecular weight excluding hydrogens is 444 g/mol. The SMILES string of the molecule is C[C@@H]1O[C@@H](O[C@H]2[C@H](O[C@@H]3[C@@H](O)[C@H](O)[C@@H](C(=O)O)O[C@H]3O)OC[C@@H](O)[C@@H]2O)[C@H](O)[C@H](O)[C@H]1O. The number of carboxylic acids is 1. The highest BCUT2D eigenvalue weighted by molar-refractivity contribution is 5.73. The van der Waals surface area contributed by atoms with E-state index in [0.29, 0.717) is 0 Å². The minimum atomic E-state index is -2.03. The molecule has 0 aliphatic carbocycles. The lowest BCUT2D eigenvalue weighted by atomic mass is 9.98. The molecule has 0 spiro atoms. The van der Waals surface area contributed by atoms with E-state index in [1.807, 2.05) is 0 Å². The number of aliphatic carboxylic acids is 1. The van der Waals surface area contributed by atoms with E-state index in [9.17, 15) is 45.6 Å². The van der Waals surface area contributed by atoms with Crippen LogP contribution in [0.1, 0.15) is 6.92 Å². The highest BCUT2D eigenvalue weighted by Crippen LogP contribution is 2.30. The first kappa shape index (κ1) is 25.6. The molecule has 3 rings (SSSR count). The monoisotopic (exact) mass is 472 g/mol. The average Bonchev–Trinajstić information content (AvgIpc) is 2.74. The molecule has 0 saturated carbocycles. The van der Waals surface area contributed by atoms with Crippen molar-refractivity contribution in [2.24, 2.45) is 0 Å². The number of rotatable bonds is 5. The third kappa shape index (κ3) is 4.90. The van der Waals surface area contributed by atoms with Crippen LogP contribution in [0.15, 0.2) is 0 Å². The van der Waals surface area contributed by atoms with Gasteiger partial charge in [-0.1, -0.05) is 0 Å². The van der Waals surface area contributed by atoms with E-state index < -0.39 is 98.6 Å². The fourth-order valence-corrected chi connectivity index (χ4v) is 3.67. The first-order valence-electron chi connectivity index (χ1n) is 9.84. The molecule has 15 heteroatoms. The van der Waals surface area contributed by atoms with Crippen molar-refractivity contribution in [1.29, 1.82) is 0 Å². The molecule has 9 N–H and O–H groups in total. The van der Waals surface area contributed by atoms with Crippen molar-refractivity contribution < 1.29 is 74.4 Å². The van der Waals surface area contributed by atoms with Crippen molar-refractivity contribution in [2.75, 3.05) is 6.61 Å². The van der Waals surface area contributed by atoms with Gasteiger partial charge >= 0.3 is 5.97 Å². The predicted molar refractivity (Wildman–Crippen MR) is 94.4 cm³/mol. The third-order valence-corrected chi connectivity index (χ3v) is 5.63. The average molecular weight is 472 g/mol. The van der Waals surface area contributed by atoms with Crippen LogP contribution in [0.4, 0.5) is 0 Å². The summed E-state index contributed by atoms with van der Waals surface area (Å²) in [5, 5.41) is 89.4. The molecule has 3 heterocycles. The molecule has 14 atom stereocenters. The summed E-state index contributed by atoms with van der Waals surface area (Å²) in [5.74, 6) is -1.64. The predicted octanol–water partition coefficient (Wildman–Crippen LogP) is -5.81. The van der Waals surface area contributed by atoms with Gasteiger partial charge in [0.2, 0.25) is 0 Å². The second kappa shape index (κ2) is 10.1. The number of aliphatic hydroxyl groups is 8. The first-order chi connectivity index (χ1) is 14.9. The van der Waals surface area contributed by atoms with Crippen LogP contribution < -0.4 is 0 Å². The van der Waals surface area contributed by atoms with Gasteiger partial charge in [-0.15, -0.1) is 0 Å². The van der Waals surface area contributed by atoms with Crippen LogP contribution in [0.3, 0.4) is 0 Å². The Labute approximate surface area is 180 Å². The molecule has 3 aliphatic rings. The second-order valence-corrected chi connectivity index (χ2v) is 7.91. The number of hydrogen-bond acceptors (Lipinski definition) is 14. The van der Waals surface area contributed by atoms with Gasteiger partial charge in [0.1, 0.15) is 54.9 Å². The zero-order valence-corrected chi connectivity index (χ0v) is 16.8. The molecule has 0 bridgehead atoms. The maximum atomic E-state index is 11.1. The van der Waals surface area contributed by atoms with Crippen LogP contribution in [0, 0.1) is 0 Å². The van der Waals surface area contributed by atoms with Crippen LogP contribution in [0.25, 0.3) is 0 Å². The lowest BCUT2D eigenvalue weighted by Crippen LogP contribution is -2.65. The number of hydrogen-bond donors (Lipinski definition) is 9. The van der Waals surface area contributed by atoms with E-state index in [1.165, 1.54) is 6.92 Å². The molecule has 3 saturated heterocycles. The molecule has 0 unspecified atom stereocenters. The molecule has 0 radical (unpaired) electrons. The van der Waals surface area contributed by atoms with Crippen molar-refractivity contribution in [3.8, 4) is 0 Å². The summed E-state index contributed by atoms with van der Waals surface area (Å²) in [4.78, 5) is 11.1. The number of ether oxygens (including phenoxy) is 5. The quantitative estimate of drug-likeness (QED) is 0.181. The van der Waals surface area contributed by atoms with Crippen molar-refractivity contribution in [1.82, 2.24) is 0 Å². The molecule has 3 fully saturated rings. The van der Waals surface area contributed by atoms with Crippen LogP contribution in [-0.2, 0) is 28.5 Å². The van der Waals surface area contributed by atoms with Crippen LogP contribution in [-0.4, -0.2) is 145 Å². The van der Waals surface area contributed by atoms with Gasteiger partial charge in [-0.25, -0.2) is 4.79 Å². The second-order valence-electron chi connectivity index (χ2n) is 7.91. The Morgan fingerprint density at radius 3 is 2.00 bits per heavy atom.